The van der Waals surface area contributed by atoms with Gasteiger partial charge in [0.15, 0.2) is 0 Å². The van der Waals surface area contributed by atoms with Gasteiger partial charge in [-0.15, -0.1) is 10.2 Å². The third-order valence-corrected chi connectivity index (χ3v) is 3.61. The quantitative estimate of drug-likeness (QED) is 0.747. The summed E-state index contributed by atoms with van der Waals surface area (Å²) < 4.78 is 2.36. The summed E-state index contributed by atoms with van der Waals surface area (Å²) >= 11 is 0. The van der Waals surface area contributed by atoms with Crippen LogP contribution in [0.2, 0.25) is 0 Å². The van der Waals surface area contributed by atoms with E-state index in [0.717, 1.165) is 26.1 Å². The summed E-state index contributed by atoms with van der Waals surface area (Å²) in [7, 11) is 0. The van der Waals surface area contributed by atoms with Crippen molar-refractivity contribution in [3.8, 4) is 0 Å². The van der Waals surface area contributed by atoms with E-state index < -0.39 is 0 Å². The monoisotopic (exact) mass is 206 g/mol. The molecule has 1 saturated carbocycles. The molecule has 1 aliphatic carbocycles. The van der Waals surface area contributed by atoms with E-state index >= 15 is 0 Å². The lowest BCUT2D eigenvalue weighted by molar-refractivity contribution is 0.568. The van der Waals surface area contributed by atoms with Gasteiger partial charge in [0.1, 0.15) is 11.6 Å². The Balaban J connectivity index is 1.91. The highest BCUT2D eigenvalue weighted by Crippen LogP contribution is 2.33. The minimum Gasteiger partial charge on any atom is -0.315 e. The summed E-state index contributed by atoms with van der Waals surface area (Å²) in [5, 5.41) is 12.2. The molecule has 0 unspecified atom stereocenters. The molecule has 1 fully saturated rings. The third kappa shape index (κ3) is 1.67. The van der Waals surface area contributed by atoms with Gasteiger partial charge < -0.3 is 9.88 Å². The summed E-state index contributed by atoms with van der Waals surface area (Å²) in [6.07, 6.45) is 6.38. The first kappa shape index (κ1) is 9.33. The number of rotatable bonds is 1. The maximum absolute atomic E-state index is 4.41. The van der Waals surface area contributed by atoms with Crippen molar-refractivity contribution in [2.75, 3.05) is 13.1 Å². The first-order valence-electron chi connectivity index (χ1n) is 6.08. The van der Waals surface area contributed by atoms with Crippen molar-refractivity contribution < 1.29 is 0 Å². The first-order valence-corrected chi connectivity index (χ1v) is 6.08. The van der Waals surface area contributed by atoms with Gasteiger partial charge in [-0.3, -0.25) is 0 Å². The van der Waals surface area contributed by atoms with Gasteiger partial charge in [-0.1, -0.05) is 12.8 Å². The van der Waals surface area contributed by atoms with Crippen molar-refractivity contribution in [3.63, 3.8) is 0 Å². The molecule has 0 bridgehead atoms. The highest BCUT2D eigenvalue weighted by atomic mass is 15.3. The molecule has 1 aliphatic heterocycles. The Morgan fingerprint density at radius 1 is 1.13 bits per heavy atom. The predicted octanol–water partition coefficient (Wildman–Crippen LogP) is 1.08. The van der Waals surface area contributed by atoms with Crippen LogP contribution in [0.1, 0.15) is 43.3 Å². The Kier molecular flexibility index (Phi) is 2.44. The Morgan fingerprint density at radius 3 is 2.87 bits per heavy atom. The van der Waals surface area contributed by atoms with Crippen LogP contribution in [0.15, 0.2) is 0 Å². The lowest BCUT2D eigenvalue weighted by atomic mass is 10.1. The molecule has 0 atom stereocenters. The molecule has 0 amide bonds. The fourth-order valence-electron chi connectivity index (χ4n) is 2.78. The van der Waals surface area contributed by atoms with E-state index in [2.05, 4.69) is 20.1 Å². The zero-order valence-corrected chi connectivity index (χ0v) is 9.08. The number of nitrogens with one attached hydrogen (secondary N) is 1. The van der Waals surface area contributed by atoms with Crippen molar-refractivity contribution in [2.24, 2.45) is 0 Å². The zero-order valence-electron chi connectivity index (χ0n) is 9.08. The molecule has 15 heavy (non-hydrogen) atoms. The lowest BCUT2D eigenvalue weighted by Gasteiger charge is -2.11. The average Bonchev–Trinajstić information content (AvgIpc) is 2.83. The number of hydrogen-bond acceptors (Lipinski definition) is 3. The van der Waals surface area contributed by atoms with Gasteiger partial charge in [0.2, 0.25) is 0 Å². The smallest absolute Gasteiger partial charge is 0.136 e. The molecule has 3 rings (SSSR count). The van der Waals surface area contributed by atoms with Crippen molar-refractivity contribution in [1.29, 1.82) is 0 Å². The second-order valence-corrected chi connectivity index (χ2v) is 4.61. The Bertz CT molecular complexity index is 338. The second kappa shape index (κ2) is 3.93. The van der Waals surface area contributed by atoms with Crippen LogP contribution in [0.3, 0.4) is 0 Å². The summed E-state index contributed by atoms with van der Waals surface area (Å²) in [4.78, 5) is 0. The van der Waals surface area contributed by atoms with E-state index in [4.69, 9.17) is 0 Å². The van der Waals surface area contributed by atoms with Crippen molar-refractivity contribution in [2.45, 2.75) is 44.6 Å². The Hall–Kier alpha value is -0.900. The van der Waals surface area contributed by atoms with Crippen molar-refractivity contribution in [1.82, 2.24) is 20.1 Å². The van der Waals surface area contributed by atoms with Crippen LogP contribution in [0, 0.1) is 0 Å². The van der Waals surface area contributed by atoms with Crippen LogP contribution in [0.25, 0.3) is 0 Å². The largest absolute Gasteiger partial charge is 0.315 e. The van der Waals surface area contributed by atoms with Crippen LogP contribution >= 0.6 is 0 Å². The Labute approximate surface area is 90.1 Å². The summed E-state index contributed by atoms with van der Waals surface area (Å²) in [5.74, 6) is 3.12. The molecule has 4 heteroatoms. The predicted molar refractivity (Wildman–Crippen MR) is 57.8 cm³/mol. The van der Waals surface area contributed by atoms with Gasteiger partial charge in [-0.25, -0.2) is 0 Å². The van der Waals surface area contributed by atoms with Gasteiger partial charge in [-0.05, 0) is 12.8 Å². The highest BCUT2D eigenvalue weighted by Gasteiger charge is 2.24. The number of hydrogen-bond donors (Lipinski definition) is 1. The molecule has 2 aliphatic rings. The molecule has 1 N–H and O–H groups in total. The van der Waals surface area contributed by atoms with Crippen LogP contribution in [0.4, 0.5) is 0 Å². The van der Waals surface area contributed by atoms with Gasteiger partial charge in [-0.2, -0.15) is 0 Å². The molecule has 0 aromatic carbocycles. The van der Waals surface area contributed by atoms with Crippen LogP contribution in [0.5, 0.6) is 0 Å². The molecule has 4 nitrogen and oxygen atoms in total. The van der Waals surface area contributed by atoms with Gasteiger partial charge in [0.25, 0.3) is 0 Å². The fraction of sp³-hybridized carbons (Fsp3) is 0.818. The zero-order chi connectivity index (χ0) is 10.1. The van der Waals surface area contributed by atoms with Crippen LogP contribution in [-0.2, 0) is 13.0 Å². The van der Waals surface area contributed by atoms with Gasteiger partial charge >= 0.3 is 0 Å². The van der Waals surface area contributed by atoms with E-state index in [9.17, 15) is 0 Å². The van der Waals surface area contributed by atoms with E-state index in [1.54, 1.807) is 0 Å². The molecule has 2 heterocycles. The molecular formula is C11H18N4. The Morgan fingerprint density at radius 2 is 2.00 bits per heavy atom. The molecule has 0 radical (unpaired) electrons. The van der Waals surface area contributed by atoms with E-state index in [1.165, 1.54) is 37.3 Å². The van der Waals surface area contributed by atoms with Gasteiger partial charge in [0, 0.05) is 32.0 Å². The van der Waals surface area contributed by atoms with Crippen molar-refractivity contribution in [3.05, 3.63) is 11.6 Å². The molecule has 1 aromatic heterocycles. The van der Waals surface area contributed by atoms with Gasteiger partial charge in [0.05, 0.1) is 0 Å². The third-order valence-electron chi connectivity index (χ3n) is 3.61. The molecule has 0 saturated heterocycles. The number of fused-ring (bicyclic) bond motifs is 1. The van der Waals surface area contributed by atoms with E-state index in [1.807, 2.05) is 0 Å². The topological polar surface area (TPSA) is 42.7 Å². The standard InChI is InChI=1S/C11H18N4/c1-2-4-9(3-1)11-14-13-10-5-6-12-7-8-15(10)11/h9,12H,1-8H2. The normalized spacial score (nSPS) is 22.7. The summed E-state index contributed by atoms with van der Waals surface area (Å²) in [5.41, 5.74) is 0. The van der Waals surface area contributed by atoms with Crippen LogP contribution < -0.4 is 5.32 Å². The molecule has 1 aromatic rings. The number of aromatic nitrogens is 3. The molecule has 82 valence electrons. The number of nitrogens with zero attached hydrogens (tertiary/aromatic N) is 3. The highest BCUT2D eigenvalue weighted by molar-refractivity contribution is 5.05. The minimum absolute atomic E-state index is 0.685. The maximum Gasteiger partial charge on any atom is 0.136 e. The van der Waals surface area contributed by atoms with E-state index in [0.29, 0.717) is 5.92 Å². The summed E-state index contributed by atoms with van der Waals surface area (Å²) in [6.45, 7) is 3.15. The average molecular weight is 206 g/mol. The SMILES string of the molecule is C1CCC(c2nnc3n2CCNCC3)C1. The maximum atomic E-state index is 4.41. The lowest BCUT2D eigenvalue weighted by Crippen LogP contribution is -2.18. The summed E-state index contributed by atoms with van der Waals surface area (Å²) in [6, 6.07) is 0. The van der Waals surface area contributed by atoms with Crippen LogP contribution in [-0.4, -0.2) is 27.9 Å². The first-order chi connectivity index (χ1) is 7.45. The molecular weight excluding hydrogens is 188 g/mol. The second-order valence-electron chi connectivity index (χ2n) is 4.61. The van der Waals surface area contributed by atoms with E-state index in [-0.39, 0.29) is 0 Å². The molecule has 0 spiro atoms. The fourth-order valence-corrected chi connectivity index (χ4v) is 2.78. The van der Waals surface area contributed by atoms with Crippen molar-refractivity contribution >= 4 is 0 Å². The minimum atomic E-state index is 0.685.